The molecule has 0 amide bonds. The lowest BCUT2D eigenvalue weighted by molar-refractivity contribution is 1.31. The molecule has 3 nitrogen and oxygen atoms in total. The summed E-state index contributed by atoms with van der Waals surface area (Å²) in [5.41, 5.74) is 6.78. The fourth-order valence-electron chi connectivity index (χ4n) is 1.23. The molecule has 1 aromatic heterocycles. The molecular formula is C9H9ClN2O. The number of para-hydroxylation sites is 1. The van der Waals surface area contributed by atoms with Crippen molar-refractivity contribution < 1.29 is 0 Å². The third-order valence-corrected chi connectivity index (χ3v) is 1.78. The number of nitrogens with two attached hydrogens (primary N) is 1. The maximum absolute atomic E-state index is 11.0. The van der Waals surface area contributed by atoms with E-state index in [1.807, 2.05) is 24.3 Å². The maximum atomic E-state index is 11.0. The Kier molecular flexibility index (Phi) is 2.58. The Morgan fingerprint density at radius 1 is 1.23 bits per heavy atom. The van der Waals surface area contributed by atoms with Crippen molar-refractivity contribution in [3.05, 3.63) is 40.7 Å². The highest BCUT2D eigenvalue weighted by atomic mass is 35.5. The molecule has 2 rings (SSSR count). The van der Waals surface area contributed by atoms with Crippen molar-refractivity contribution in [2.45, 2.75) is 0 Å². The largest absolute Gasteiger partial charge is 0.398 e. The number of aromatic amines is 1. The van der Waals surface area contributed by atoms with Crippen LogP contribution in [0, 0.1) is 0 Å². The van der Waals surface area contributed by atoms with E-state index in [-0.39, 0.29) is 18.0 Å². The summed E-state index contributed by atoms with van der Waals surface area (Å²) in [7, 11) is 0. The number of pyridine rings is 1. The molecule has 4 heteroatoms. The average molecular weight is 197 g/mol. The Morgan fingerprint density at radius 3 is 2.69 bits per heavy atom. The van der Waals surface area contributed by atoms with Gasteiger partial charge in [-0.3, -0.25) is 4.79 Å². The van der Waals surface area contributed by atoms with Crippen LogP contribution in [0.25, 0.3) is 10.9 Å². The number of benzene rings is 1. The normalized spacial score (nSPS) is 9.54. The van der Waals surface area contributed by atoms with Gasteiger partial charge in [-0.1, -0.05) is 18.2 Å². The minimum Gasteiger partial charge on any atom is -0.398 e. The molecule has 0 unspecified atom stereocenters. The molecule has 3 N–H and O–H groups in total. The van der Waals surface area contributed by atoms with E-state index in [1.165, 1.54) is 6.07 Å². The summed E-state index contributed by atoms with van der Waals surface area (Å²) in [6.45, 7) is 0. The lowest BCUT2D eigenvalue weighted by Gasteiger charge is -1.98. The number of aromatic nitrogens is 1. The zero-order chi connectivity index (χ0) is 8.55. The van der Waals surface area contributed by atoms with Gasteiger partial charge in [0.05, 0.1) is 5.52 Å². The topological polar surface area (TPSA) is 58.9 Å². The number of nitrogens with one attached hydrogen (secondary N) is 1. The first-order valence-electron chi connectivity index (χ1n) is 3.65. The Hall–Kier alpha value is -1.48. The standard InChI is InChI=1S/C9H8N2O.ClH/c10-7-5-9(12)11-8-4-2-1-3-6(7)8;/h1-5H,(H3,10,11,12);1H. The number of anilines is 1. The molecule has 1 aromatic carbocycles. The first-order chi connectivity index (χ1) is 5.77. The molecule has 1 heterocycles. The molecule has 0 aliphatic heterocycles. The predicted molar refractivity (Wildman–Crippen MR) is 56.2 cm³/mol. The average Bonchev–Trinajstić information content (AvgIpc) is 2.04. The van der Waals surface area contributed by atoms with Crippen LogP contribution >= 0.6 is 12.4 Å². The van der Waals surface area contributed by atoms with Gasteiger partial charge in [0.1, 0.15) is 0 Å². The van der Waals surface area contributed by atoms with Gasteiger partial charge in [0, 0.05) is 17.1 Å². The number of rotatable bonds is 0. The van der Waals surface area contributed by atoms with Gasteiger partial charge in [-0.15, -0.1) is 12.4 Å². The minimum atomic E-state index is -0.161. The van der Waals surface area contributed by atoms with Gasteiger partial charge >= 0.3 is 0 Å². The SMILES string of the molecule is Cl.Nc1cc(=O)[nH]c2ccccc12. The van der Waals surface area contributed by atoms with E-state index in [4.69, 9.17) is 5.73 Å². The van der Waals surface area contributed by atoms with E-state index in [1.54, 1.807) is 0 Å². The molecule has 0 spiro atoms. The molecule has 0 saturated carbocycles. The molecule has 0 bridgehead atoms. The summed E-state index contributed by atoms with van der Waals surface area (Å²) in [5, 5.41) is 0.886. The van der Waals surface area contributed by atoms with Crippen LogP contribution in [0.5, 0.6) is 0 Å². The second kappa shape index (κ2) is 3.49. The molecular weight excluding hydrogens is 188 g/mol. The van der Waals surface area contributed by atoms with Gasteiger partial charge in [0.25, 0.3) is 0 Å². The van der Waals surface area contributed by atoms with Crippen LogP contribution < -0.4 is 11.3 Å². The van der Waals surface area contributed by atoms with E-state index in [0.29, 0.717) is 5.69 Å². The highest BCUT2D eigenvalue weighted by Gasteiger charge is 1.96. The lowest BCUT2D eigenvalue weighted by atomic mass is 10.2. The highest BCUT2D eigenvalue weighted by molar-refractivity contribution is 5.89. The van der Waals surface area contributed by atoms with E-state index in [2.05, 4.69) is 4.98 Å². The summed E-state index contributed by atoms with van der Waals surface area (Å²) in [6.07, 6.45) is 0. The molecule has 0 fully saturated rings. The van der Waals surface area contributed by atoms with Gasteiger partial charge in [-0.25, -0.2) is 0 Å². The predicted octanol–water partition coefficient (Wildman–Crippen LogP) is 1.53. The van der Waals surface area contributed by atoms with Gasteiger partial charge in [0.15, 0.2) is 0 Å². The molecule has 0 aliphatic carbocycles. The zero-order valence-corrected chi connectivity index (χ0v) is 7.60. The Morgan fingerprint density at radius 2 is 1.92 bits per heavy atom. The van der Waals surface area contributed by atoms with Crippen LogP contribution in [0.1, 0.15) is 0 Å². The third-order valence-electron chi connectivity index (χ3n) is 1.78. The zero-order valence-electron chi connectivity index (χ0n) is 6.78. The molecule has 0 atom stereocenters. The first kappa shape index (κ1) is 9.61. The number of hydrogen-bond acceptors (Lipinski definition) is 2. The maximum Gasteiger partial charge on any atom is 0.250 e. The number of halogens is 1. The van der Waals surface area contributed by atoms with E-state index >= 15 is 0 Å². The van der Waals surface area contributed by atoms with Gasteiger partial charge in [0.2, 0.25) is 5.56 Å². The van der Waals surface area contributed by atoms with E-state index in [0.717, 1.165) is 10.9 Å². The van der Waals surface area contributed by atoms with Gasteiger partial charge in [-0.2, -0.15) is 0 Å². The number of hydrogen-bond donors (Lipinski definition) is 2. The molecule has 0 radical (unpaired) electrons. The van der Waals surface area contributed by atoms with Crippen LogP contribution in [-0.4, -0.2) is 4.98 Å². The van der Waals surface area contributed by atoms with E-state index in [9.17, 15) is 4.79 Å². The number of H-pyrrole nitrogens is 1. The Labute approximate surface area is 81.0 Å². The van der Waals surface area contributed by atoms with Gasteiger partial charge < -0.3 is 10.7 Å². The lowest BCUT2D eigenvalue weighted by Crippen LogP contribution is -2.05. The number of nitrogen functional groups attached to an aromatic ring is 1. The first-order valence-corrected chi connectivity index (χ1v) is 3.65. The van der Waals surface area contributed by atoms with Gasteiger partial charge in [-0.05, 0) is 6.07 Å². The summed E-state index contributed by atoms with van der Waals surface area (Å²) in [4.78, 5) is 13.7. The smallest absolute Gasteiger partial charge is 0.250 e. The quantitative estimate of drug-likeness (QED) is 0.672. The fraction of sp³-hybridized carbons (Fsp3) is 0. The Bertz CT molecular complexity index is 478. The summed E-state index contributed by atoms with van der Waals surface area (Å²) >= 11 is 0. The Balaban J connectivity index is 0.000000845. The summed E-state index contributed by atoms with van der Waals surface area (Å²) in [6, 6.07) is 8.84. The van der Waals surface area contributed by atoms with Crippen molar-refractivity contribution in [2.75, 3.05) is 5.73 Å². The molecule has 0 saturated heterocycles. The second-order valence-electron chi connectivity index (χ2n) is 2.63. The summed E-state index contributed by atoms with van der Waals surface area (Å²) < 4.78 is 0. The molecule has 68 valence electrons. The monoisotopic (exact) mass is 196 g/mol. The van der Waals surface area contributed by atoms with Crippen LogP contribution in [-0.2, 0) is 0 Å². The van der Waals surface area contributed by atoms with Crippen molar-refractivity contribution in [2.24, 2.45) is 0 Å². The third kappa shape index (κ3) is 1.65. The minimum absolute atomic E-state index is 0. The molecule has 0 aliphatic rings. The summed E-state index contributed by atoms with van der Waals surface area (Å²) in [5.74, 6) is 0. The second-order valence-corrected chi connectivity index (χ2v) is 2.63. The number of fused-ring (bicyclic) bond motifs is 1. The fourth-order valence-corrected chi connectivity index (χ4v) is 1.23. The molecule has 2 aromatic rings. The van der Waals surface area contributed by atoms with Crippen LogP contribution in [0.3, 0.4) is 0 Å². The van der Waals surface area contributed by atoms with Crippen LogP contribution in [0.2, 0.25) is 0 Å². The van der Waals surface area contributed by atoms with Crippen molar-refractivity contribution in [1.29, 1.82) is 0 Å². The van der Waals surface area contributed by atoms with E-state index < -0.39 is 0 Å². The van der Waals surface area contributed by atoms with Crippen molar-refractivity contribution in [1.82, 2.24) is 4.98 Å². The highest BCUT2D eigenvalue weighted by Crippen LogP contribution is 2.14. The van der Waals surface area contributed by atoms with Crippen LogP contribution in [0.15, 0.2) is 35.1 Å². The van der Waals surface area contributed by atoms with Crippen molar-refractivity contribution in [3.63, 3.8) is 0 Å². The molecule has 13 heavy (non-hydrogen) atoms. The van der Waals surface area contributed by atoms with Crippen molar-refractivity contribution >= 4 is 29.0 Å². The van der Waals surface area contributed by atoms with Crippen LogP contribution in [0.4, 0.5) is 5.69 Å². The van der Waals surface area contributed by atoms with Crippen molar-refractivity contribution in [3.8, 4) is 0 Å².